The smallest absolute Gasteiger partial charge is 0.308 e. The highest BCUT2D eigenvalue weighted by Gasteiger charge is 2.21. The van der Waals surface area contributed by atoms with Gasteiger partial charge in [-0.2, -0.15) is 0 Å². The maximum Gasteiger partial charge on any atom is 0.308 e. The number of aryl methyl sites for hydroxylation is 1. The number of rotatable bonds is 11. The van der Waals surface area contributed by atoms with Crippen LogP contribution < -0.4 is 10.0 Å². The molecule has 0 radical (unpaired) electrons. The average molecular weight is 475 g/mol. The van der Waals surface area contributed by atoms with Crippen molar-refractivity contribution in [2.24, 2.45) is 0 Å². The van der Waals surface area contributed by atoms with E-state index in [2.05, 4.69) is 10.0 Å². The summed E-state index contributed by atoms with van der Waals surface area (Å²) in [4.78, 5) is 36.0. The fraction of sp³-hybridized carbons (Fsp3) is 0.375. The Morgan fingerprint density at radius 1 is 0.970 bits per heavy atom. The first kappa shape index (κ1) is 26.2. The molecule has 8 nitrogen and oxygen atoms in total. The predicted octanol–water partition coefficient (Wildman–Crippen LogP) is 3.07. The second kappa shape index (κ2) is 11.7. The van der Waals surface area contributed by atoms with Crippen molar-refractivity contribution < 1.29 is 27.5 Å². The third-order valence-electron chi connectivity index (χ3n) is 4.77. The lowest BCUT2D eigenvalue weighted by Gasteiger charge is -2.20. The number of amides is 1. The lowest BCUT2D eigenvalue weighted by atomic mass is 10.0. The zero-order chi connectivity index (χ0) is 24.6. The SMILES string of the molecule is CC(=O)c1ccc(S(=O)(=O)NCCC(=O)NC(CC(=O)OC(C)C)c2ccc(C)cc2)cc1. The first-order valence-corrected chi connectivity index (χ1v) is 12.1. The maximum absolute atomic E-state index is 12.5. The van der Waals surface area contributed by atoms with E-state index in [9.17, 15) is 22.8 Å². The van der Waals surface area contributed by atoms with E-state index in [0.29, 0.717) is 5.56 Å². The minimum Gasteiger partial charge on any atom is -0.463 e. The summed E-state index contributed by atoms with van der Waals surface area (Å²) in [6, 6.07) is 12.4. The lowest BCUT2D eigenvalue weighted by molar-refractivity contribution is -0.148. The number of esters is 1. The Kier molecular flexibility index (Phi) is 9.31. The van der Waals surface area contributed by atoms with Gasteiger partial charge in [-0.05, 0) is 45.4 Å². The third kappa shape index (κ3) is 8.43. The third-order valence-corrected chi connectivity index (χ3v) is 6.25. The molecule has 0 spiro atoms. The molecule has 2 rings (SSSR count). The van der Waals surface area contributed by atoms with E-state index in [-0.39, 0.29) is 36.2 Å². The highest BCUT2D eigenvalue weighted by Crippen LogP contribution is 2.19. The van der Waals surface area contributed by atoms with Crippen LogP contribution in [0.4, 0.5) is 0 Å². The molecule has 0 aliphatic carbocycles. The van der Waals surface area contributed by atoms with Crippen molar-refractivity contribution in [3.63, 3.8) is 0 Å². The summed E-state index contributed by atoms with van der Waals surface area (Å²) >= 11 is 0. The van der Waals surface area contributed by atoms with Gasteiger partial charge in [0.15, 0.2) is 5.78 Å². The highest BCUT2D eigenvalue weighted by atomic mass is 32.2. The van der Waals surface area contributed by atoms with Crippen LogP contribution in [0.15, 0.2) is 53.4 Å². The number of sulfonamides is 1. The number of Topliss-reactive ketones (excluding diaryl/α,β-unsaturated/α-hetero) is 1. The molecular weight excluding hydrogens is 444 g/mol. The first-order chi connectivity index (χ1) is 15.5. The lowest BCUT2D eigenvalue weighted by Crippen LogP contribution is -2.34. The van der Waals surface area contributed by atoms with Crippen LogP contribution in [0.2, 0.25) is 0 Å². The molecule has 33 heavy (non-hydrogen) atoms. The Bertz CT molecular complexity index is 1080. The van der Waals surface area contributed by atoms with Crippen LogP contribution in [0.3, 0.4) is 0 Å². The number of ketones is 1. The molecular formula is C24H30N2O6S. The van der Waals surface area contributed by atoms with Gasteiger partial charge in [-0.15, -0.1) is 0 Å². The highest BCUT2D eigenvalue weighted by molar-refractivity contribution is 7.89. The summed E-state index contributed by atoms with van der Waals surface area (Å²) in [7, 11) is -3.83. The normalized spacial score (nSPS) is 12.3. The fourth-order valence-corrected chi connectivity index (χ4v) is 4.08. The van der Waals surface area contributed by atoms with E-state index in [0.717, 1.165) is 11.1 Å². The Balaban J connectivity index is 1.98. The first-order valence-electron chi connectivity index (χ1n) is 10.6. The Morgan fingerprint density at radius 3 is 2.12 bits per heavy atom. The molecule has 0 saturated heterocycles. The zero-order valence-corrected chi connectivity index (χ0v) is 20.1. The van der Waals surface area contributed by atoms with Gasteiger partial charge in [0.2, 0.25) is 15.9 Å². The Morgan fingerprint density at radius 2 is 1.58 bits per heavy atom. The van der Waals surface area contributed by atoms with E-state index in [4.69, 9.17) is 4.74 Å². The summed E-state index contributed by atoms with van der Waals surface area (Å²) in [6.07, 6.45) is -0.432. The second-order valence-corrected chi connectivity index (χ2v) is 9.77. The number of carbonyl (C=O) groups is 3. The van der Waals surface area contributed by atoms with Crippen LogP contribution in [-0.2, 0) is 24.3 Å². The van der Waals surface area contributed by atoms with Crippen molar-refractivity contribution in [2.75, 3.05) is 6.54 Å². The second-order valence-electron chi connectivity index (χ2n) is 8.00. The minimum absolute atomic E-state index is 0.00173. The molecule has 0 fully saturated rings. The van der Waals surface area contributed by atoms with Gasteiger partial charge in [0, 0.05) is 18.5 Å². The molecule has 2 aromatic carbocycles. The molecule has 1 amide bonds. The molecule has 9 heteroatoms. The maximum atomic E-state index is 12.5. The van der Waals surface area contributed by atoms with Gasteiger partial charge in [0.05, 0.1) is 23.5 Å². The van der Waals surface area contributed by atoms with Crippen LogP contribution in [-0.4, -0.2) is 38.7 Å². The van der Waals surface area contributed by atoms with Crippen molar-refractivity contribution in [1.82, 2.24) is 10.0 Å². The molecule has 1 unspecified atom stereocenters. The summed E-state index contributed by atoms with van der Waals surface area (Å²) < 4.78 is 32.4. The van der Waals surface area contributed by atoms with Crippen LogP contribution in [0, 0.1) is 6.92 Å². The van der Waals surface area contributed by atoms with Gasteiger partial charge in [0.25, 0.3) is 0 Å². The van der Waals surface area contributed by atoms with Crippen LogP contribution in [0.25, 0.3) is 0 Å². The Hall–Kier alpha value is -3.04. The van der Waals surface area contributed by atoms with Gasteiger partial charge >= 0.3 is 5.97 Å². The summed E-state index contributed by atoms with van der Waals surface area (Å²) in [6.45, 7) is 6.70. The van der Waals surface area contributed by atoms with Crippen LogP contribution in [0.5, 0.6) is 0 Å². The molecule has 0 aliphatic rings. The molecule has 0 aliphatic heterocycles. The molecule has 0 aromatic heterocycles. The van der Waals surface area contributed by atoms with Gasteiger partial charge in [-0.1, -0.05) is 42.0 Å². The average Bonchev–Trinajstić information content (AvgIpc) is 2.73. The van der Waals surface area contributed by atoms with E-state index in [1.165, 1.54) is 31.2 Å². The van der Waals surface area contributed by atoms with Gasteiger partial charge in [-0.25, -0.2) is 13.1 Å². The van der Waals surface area contributed by atoms with Crippen LogP contribution >= 0.6 is 0 Å². The van der Waals surface area contributed by atoms with Gasteiger partial charge in [-0.3, -0.25) is 14.4 Å². The number of nitrogens with one attached hydrogen (secondary N) is 2. The van der Waals surface area contributed by atoms with E-state index in [1.807, 2.05) is 31.2 Å². The number of hydrogen-bond donors (Lipinski definition) is 2. The minimum atomic E-state index is -3.83. The van der Waals surface area contributed by atoms with E-state index in [1.54, 1.807) is 13.8 Å². The molecule has 2 aromatic rings. The summed E-state index contributed by atoms with van der Waals surface area (Å²) in [5.74, 6) is -1.01. The predicted molar refractivity (Wildman–Crippen MR) is 124 cm³/mol. The van der Waals surface area contributed by atoms with Crippen molar-refractivity contribution in [2.45, 2.75) is 57.6 Å². The standard InChI is InChI=1S/C24H30N2O6S/c1-16(2)32-24(29)15-22(20-7-5-17(3)6-8-20)26-23(28)13-14-25-33(30,31)21-11-9-19(10-12-21)18(4)27/h5-12,16,22,25H,13-15H2,1-4H3,(H,26,28). The molecule has 0 heterocycles. The number of hydrogen-bond acceptors (Lipinski definition) is 6. The zero-order valence-electron chi connectivity index (χ0n) is 19.3. The molecule has 1 atom stereocenters. The van der Waals surface area contributed by atoms with Crippen molar-refractivity contribution >= 4 is 27.7 Å². The summed E-state index contributed by atoms with van der Waals surface area (Å²) in [5.41, 5.74) is 2.20. The number of ether oxygens (including phenoxy) is 1. The molecule has 0 saturated carbocycles. The van der Waals surface area contributed by atoms with Gasteiger partial charge < -0.3 is 10.1 Å². The monoisotopic (exact) mass is 474 g/mol. The summed E-state index contributed by atoms with van der Waals surface area (Å²) in [5, 5.41) is 2.79. The van der Waals surface area contributed by atoms with Gasteiger partial charge in [0.1, 0.15) is 0 Å². The number of benzene rings is 2. The quantitative estimate of drug-likeness (QED) is 0.382. The largest absolute Gasteiger partial charge is 0.463 e. The van der Waals surface area contributed by atoms with Crippen molar-refractivity contribution in [1.29, 1.82) is 0 Å². The van der Waals surface area contributed by atoms with Crippen molar-refractivity contribution in [3.05, 3.63) is 65.2 Å². The van der Waals surface area contributed by atoms with Crippen LogP contribution in [0.1, 0.15) is 61.1 Å². The molecule has 178 valence electrons. The van der Waals surface area contributed by atoms with E-state index < -0.39 is 27.9 Å². The Labute approximate surface area is 194 Å². The molecule has 2 N–H and O–H groups in total. The fourth-order valence-electron chi connectivity index (χ4n) is 3.05. The van der Waals surface area contributed by atoms with Crippen molar-refractivity contribution in [3.8, 4) is 0 Å². The topological polar surface area (TPSA) is 119 Å². The molecule has 0 bridgehead atoms. The number of carbonyl (C=O) groups excluding carboxylic acids is 3. The van der Waals surface area contributed by atoms with E-state index >= 15 is 0 Å².